The van der Waals surface area contributed by atoms with Crippen LogP contribution in [-0.4, -0.2) is 22.2 Å². The highest BCUT2D eigenvalue weighted by Gasteiger charge is 2.29. The minimum absolute atomic E-state index is 0.217. The molecule has 0 fully saturated rings. The lowest BCUT2D eigenvalue weighted by atomic mass is 9.89. The fourth-order valence-electron chi connectivity index (χ4n) is 3.31. The lowest BCUT2D eigenvalue weighted by Crippen LogP contribution is -2.28. The summed E-state index contributed by atoms with van der Waals surface area (Å²) in [5.74, 6) is -0.0286. The first-order valence-electron chi connectivity index (χ1n) is 8.35. The molecule has 1 amide bonds. The minimum Gasteiger partial charge on any atom is -0.312 e. The van der Waals surface area contributed by atoms with E-state index in [1.807, 2.05) is 0 Å². The molecule has 1 aliphatic rings. The fraction of sp³-hybridized carbons (Fsp3) is 0.278. The van der Waals surface area contributed by atoms with Crippen LogP contribution in [0.4, 0.5) is 5.00 Å². The maximum atomic E-state index is 12.5. The predicted molar refractivity (Wildman–Crippen MR) is 110 cm³/mol. The van der Waals surface area contributed by atoms with E-state index >= 15 is 0 Å². The zero-order valence-corrected chi connectivity index (χ0v) is 17.7. The van der Waals surface area contributed by atoms with Crippen LogP contribution in [0.15, 0.2) is 28.3 Å². The molecule has 1 unspecified atom stereocenters. The van der Waals surface area contributed by atoms with Crippen molar-refractivity contribution in [1.82, 2.24) is 15.1 Å². The number of carbonyl (C=O) groups is 1. The Labute approximate surface area is 173 Å². The van der Waals surface area contributed by atoms with Crippen LogP contribution < -0.4 is 10.6 Å². The van der Waals surface area contributed by atoms with Crippen LogP contribution >= 0.6 is 38.6 Å². The smallest absolute Gasteiger partial charge is 0.259 e. The second-order valence-corrected chi connectivity index (χ2v) is 10.0. The maximum Gasteiger partial charge on any atom is 0.259 e. The summed E-state index contributed by atoms with van der Waals surface area (Å²) in [6, 6.07) is 6.50. The van der Waals surface area contributed by atoms with E-state index < -0.39 is 0 Å². The number of rotatable bonds is 4. The van der Waals surface area contributed by atoms with Gasteiger partial charge in [0.1, 0.15) is 11.1 Å². The predicted octanol–water partition coefficient (Wildman–Crippen LogP) is 3.86. The zero-order valence-electron chi connectivity index (χ0n) is 14.5. The summed E-state index contributed by atoms with van der Waals surface area (Å²) in [5.41, 5.74) is 2.15. The number of hydrogen-bond donors (Lipinski definition) is 2. The number of nitriles is 1. The van der Waals surface area contributed by atoms with Crippen molar-refractivity contribution in [2.24, 2.45) is 7.05 Å². The van der Waals surface area contributed by atoms with Crippen molar-refractivity contribution < 1.29 is 4.79 Å². The summed E-state index contributed by atoms with van der Waals surface area (Å²) in [6.07, 6.45) is 4.06. The van der Waals surface area contributed by atoms with E-state index in [4.69, 9.17) is 0 Å². The number of amides is 1. The maximum absolute atomic E-state index is 12.5. The van der Waals surface area contributed by atoms with Crippen molar-refractivity contribution in [1.29, 1.82) is 5.26 Å². The molecule has 0 aliphatic carbocycles. The molecule has 6 nitrogen and oxygen atoms in total. The third-order valence-electron chi connectivity index (χ3n) is 4.49. The Morgan fingerprint density at radius 3 is 3.04 bits per heavy atom. The van der Waals surface area contributed by atoms with Gasteiger partial charge < -0.3 is 10.6 Å². The number of hydrogen-bond acceptors (Lipinski definition) is 6. The van der Waals surface area contributed by atoms with Gasteiger partial charge in [0.25, 0.3) is 5.91 Å². The number of thiophene rings is 2. The number of anilines is 1. The number of aromatic nitrogens is 2. The average Bonchev–Trinajstić information content (AvgIpc) is 3.34. The fourth-order valence-corrected chi connectivity index (χ4v) is 6.07. The van der Waals surface area contributed by atoms with Gasteiger partial charge in [0.05, 0.1) is 21.1 Å². The van der Waals surface area contributed by atoms with Crippen LogP contribution in [-0.2, 0) is 20.0 Å². The van der Waals surface area contributed by atoms with Crippen LogP contribution in [0.5, 0.6) is 0 Å². The standard InChI is InChI=1S/C18H16BrN5OS2/c1-24-9-11(7-22-24)17(25)23-18-13(5-20)16-10(6-21-8-14(16)27-18)4-12-2-3-15(19)26-12/h2-3,7,9-10,21H,4,6,8H2,1H3,(H,23,25). The van der Waals surface area contributed by atoms with Crippen LogP contribution in [0.2, 0.25) is 0 Å². The summed E-state index contributed by atoms with van der Waals surface area (Å²) < 4.78 is 2.69. The van der Waals surface area contributed by atoms with E-state index in [1.54, 1.807) is 29.3 Å². The van der Waals surface area contributed by atoms with E-state index in [1.165, 1.54) is 22.4 Å². The van der Waals surface area contributed by atoms with Crippen LogP contribution in [0, 0.1) is 11.3 Å². The highest BCUT2D eigenvalue weighted by atomic mass is 79.9. The molecule has 0 spiro atoms. The molecule has 3 aromatic rings. The highest BCUT2D eigenvalue weighted by molar-refractivity contribution is 9.11. The van der Waals surface area contributed by atoms with Gasteiger partial charge in [-0.25, -0.2) is 0 Å². The number of nitrogens with one attached hydrogen (secondary N) is 2. The summed E-state index contributed by atoms with van der Waals surface area (Å²) >= 11 is 6.71. The molecule has 3 aromatic heterocycles. The molecule has 2 N–H and O–H groups in total. The van der Waals surface area contributed by atoms with Crippen molar-refractivity contribution in [3.8, 4) is 6.07 Å². The Kier molecular flexibility index (Phi) is 5.14. The number of halogens is 1. The van der Waals surface area contributed by atoms with Crippen molar-refractivity contribution >= 4 is 49.5 Å². The molecule has 9 heteroatoms. The monoisotopic (exact) mass is 461 g/mol. The van der Waals surface area contributed by atoms with E-state index in [-0.39, 0.29) is 11.8 Å². The zero-order chi connectivity index (χ0) is 19.0. The second-order valence-electron chi connectivity index (χ2n) is 6.35. The molecule has 0 saturated heterocycles. The summed E-state index contributed by atoms with van der Waals surface area (Å²) in [4.78, 5) is 14.9. The number of carbonyl (C=O) groups excluding carboxylic acids is 1. The largest absolute Gasteiger partial charge is 0.312 e. The van der Waals surface area contributed by atoms with E-state index in [0.29, 0.717) is 16.1 Å². The Balaban J connectivity index is 1.63. The van der Waals surface area contributed by atoms with Gasteiger partial charge in [-0.05, 0) is 40.0 Å². The molecule has 0 saturated carbocycles. The van der Waals surface area contributed by atoms with Crippen LogP contribution in [0.25, 0.3) is 0 Å². The number of fused-ring (bicyclic) bond motifs is 1. The lowest BCUT2D eigenvalue weighted by molar-refractivity contribution is 0.102. The highest BCUT2D eigenvalue weighted by Crippen LogP contribution is 2.41. The van der Waals surface area contributed by atoms with Gasteiger partial charge in [-0.15, -0.1) is 22.7 Å². The molecule has 138 valence electrons. The lowest BCUT2D eigenvalue weighted by Gasteiger charge is -2.23. The Hall–Kier alpha value is -1.99. The van der Waals surface area contributed by atoms with Gasteiger partial charge >= 0.3 is 0 Å². The first-order chi connectivity index (χ1) is 13.0. The van der Waals surface area contributed by atoms with Gasteiger partial charge in [-0.1, -0.05) is 0 Å². The first-order valence-corrected chi connectivity index (χ1v) is 10.8. The van der Waals surface area contributed by atoms with E-state index in [2.05, 4.69) is 49.9 Å². The SMILES string of the molecule is Cn1cc(C(=O)Nc2sc3c(c2C#N)C(Cc2ccc(Br)s2)CNC3)cn1. The number of nitrogens with zero attached hydrogens (tertiary/aromatic N) is 3. The second kappa shape index (κ2) is 7.56. The van der Waals surface area contributed by atoms with Gasteiger partial charge in [-0.3, -0.25) is 9.48 Å². The van der Waals surface area contributed by atoms with Gasteiger partial charge in [0.15, 0.2) is 0 Å². The Morgan fingerprint density at radius 2 is 2.37 bits per heavy atom. The molecule has 0 bridgehead atoms. The first kappa shape index (κ1) is 18.4. The summed E-state index contributed by atoms with van der Waals surface area (Å²) in [7, 11) is 1.76. The number of aryl methyl sites for hydroxylation is 1. The molecular formula is C18H16BrN5OS2. The molecule has 4 rings (SSSR count). The van der Waals surface area contributed by atoms with Crippen LogP contribution in [0.1, 0.15) is 37.2 Å². The third kappa shape index (κ3) is 3.71. The van der Waals surface area contributed by atoms with Crippen molar-refractivity contribution in [2.75, 3.05) is 11.9 Å². The average molecular weight is 462 g/mol. The molecule has 0 radical (unpaired) electrons. The summed E-state index contributed by atoms with van der Waals surface area (Å²) in [6.45, 7) is 1.55. The molecular weight excluding hydrogens is 446 g/mol. The normalized spacial score (nSPS) is 16.0. The molecule has 27 heavy (non-hydrogen) atoms. The quantitative estimate of drug-likeness (QED) is 0.617. The van der Waals surface area contributed by atoms with Gasteiger partial charge in [-0.2, -0.15) is 10.4 Å². The molecule has 0 aromatic carbocycles. The molecule has 1 aliphatic heterocycles. The van der Waals surface area contributed by atoms with Crippen molar-refractivity contribution in [3.05, 3.63) is 54.8 Å². The molecule has 1 atom stereocenters. The van der Waals surface area contributed by atoms with E-state index in [9.17, 15) is 10.1 Å². The topological polar surface area (TPSA) is 82.7 Å². The van der Waals surface area contributed by atoms with Crippen molar-refractivity contribution in [2.45, 2.75) is 18.9 Å². The third-order valence-corrected chi connectivity index (χ3v) is 7.26. The Morgan fingerprint density at radius 1 is 1.52 bits per heavy atom. The van der Waals surface area contributed by atoms with Gasteiger partial charge in [0.2, 0.25) is 0 Å². The summed E-state index contributed by atoms with van der Waals surface area (Å²) in [5, 5.41) is 20.8. The molecule has 4 heterocycles. The van der Waals surface area contributed by atoms with Crippen molar-refractivity contribution in [3.63, 3.8) is 0 Å². The van der Waals surface area contributed by atoms with Gasteiger partial charge in [0, 0.05) is 42.0 Å². The van der Waals surface area contributed by atoms with Crippen LogP contribution in [0.3, 0.4) is 0 Å². The van der Waals surface area contributed by atoms with E-state index in [0.717, 1.165) is 33.7 Å². The Bertz CT molecular complexity index is 1040. The minimum atomic E-state index is -0.245.